The average molecular weight is 360 g/mol. The summed E-state index contributed by atoms with van der Waals surface area (Å²) in [5.41, 5.74) is 1.55. The lowest BCUT2D eigenvalue weighted by Gasteiger charge is -2.18. The van der Waals surface area contributed by atoms with E-state index in [0.717, 1.165) is 12.8 Å². The SMILES string of the molecule is C[C@H](OC(=O)c1cccc(Cl)c1)C(=O)N[C@@H](C)CCc1ccccc1. The third-order valence-corrected chi connectivity index (χ3v) is 4.05. The van der Waals surface area contributed by atoms with Crippen molar-refractivity contribution in [3.05, 3.63) is 70.7 Å². The summed E-state index contributed by atoms with van der Waals surface area (Å²) in [4.78, 5) is 24.2. The monoisotopic (exact) mass is 359 g/mol. The fourth-order valence-corrected chi connectivity index (χ4v) is 2.55. The molecule has 0 saturated heterocycles. The van der Waals surface area contributed by atoms with Gasteiger partial charge in [-0.2, -0.15) is 0 Å². The van der Waals surface area contributed by atoms with Gasteiger partial charge >= 0.3 is 5.97 Å². The molecule has 0 aromatic heterocycles. The molecular weight excluding hydrogens is 338 g/mol. The van der Waals surface area contributed by atoms with Crippen LogP contribution in [0.3, 0.4) is 0 Å². The number of carbonyl (C=O) groups excluding carboxylic acids is 2. The molecule has 2 rings (SSSR count). The molecule has 1 amide bonds. The zero-order valence-electron chi connectivity index (χ0n) is 14.4. The Hall–Kier alpha value is -2.33. The molecule has 5 heteroatoms. The molecule has 0 aliphatic rings. The van der Waals surface area contributed by atoms with Gasteiger partial charge in [0.2, 0.25) is 0 Å². The highest BCUT2D eigenvalue weighted by molar-refractivity contribution is 6.30. The van der Waals surface area contributed by atoms with Crippen molar-refractivity contribution < 1.29 is 14.3 Å². The standard InChI is InChI=1S/C20H22ClNO3/c1-14(11-12-16-7-4-3-5-8-16)22-19(23)15(2)25-20(24)17-9-6-10-18(21)13-17/h3-10,13-15H,11-12H2,1-2H3,(H,22,23)/t14-,15-/m0/s1. The van der Waals surface area contributed by atoms with Crippen LogP contribution in [0.15, 0.2) is 54.6 Å². The molecule has 0 unspecified atom stereocenters. The van der Waals surface area contributed by atoms with E-state index in [1.807, 2.05) is 25.1 Å². The number of rotatable bonds is 7. The van der Waals surface area contributed by atoms with Crippen molar-refractivity contribution in [2.45, 2.75) is 38.8 Å². The van der Waals surface area contributed by atoms with Gasteiger partial charge < -0.3 is 10.1 Å². The Kier molecular flexibility index (Phi) is 7.02. The van der Waals surface area contributed by atoms with E-state index < -0.39 is 12.1 Å². The first kappa shape index (κ1) is 19.0. The Labute approximate surface area is 153 Å². The molecule has 0 fully saturated rings. The van der Waals surface area contributed by atoms with Gasteiger partial charge in [0.15, 0.2) is 6.10 Å². The number of nitrogens with one attached hydrogen (secondary N) is 1. The van der Waals surface area contributed by atoms with Crippen molar-refractivity contribution in [3.8, 4) is 0 Å². The Balaban J connectivity index is 1.80. The third kappa shape index (κ3) is 6.24. The van der Waals surface area contributed by atoms with Gasteiger partial charge in [0.1, 0.15) is 0 Å². The highest BCUT2D eigenvalue weighted by Gasteiger charge is 2.20. The van der Waals surface area contributed by atoms with Crippen molar-refractivity contribution in [2.75, 3.05) is 0 Å². The van der Waals surface area contributed by atoms with Crippen molar-refractivity contribution in [1.82, 2.24) is 5.32 Å². The minimum Gasteiger partial charge on any atom is -0.449 e. The smallest absolute Gasteiger partial charge is 0.338 e. The molecular formula is C20H22ClNO3. The number of amides is 1. The van der Waals surface area contributed by atoms with Crippen LogP contribution in [0.1, 0.15) is 36.2 Å². The van der Waals surface area contributed by atoms with Crippen molar-refractivity contribution in [2.24, 2.45) is 0 Å². The van der Waals surface area contributed by atoms with Gasteiger partial charge in [0, 0.05) is 11.1 Å². The lowest BCUT2D eigenvalue weighted by Crippen LogP contribution is -2.41. The number of hydrogen-bond donors (Lipinski definition) is 1. The van der Waals surface area contributed by atoms with Crippen LogP contribution in [0.4, 0.5) is 0 Å². The van der Waals surface area contributed by atoms with E-state index in [1.54, 1.807) is 25.1 Å². The first-order chi connectivity index (χ1) is 12.0. The summed E-state index contributed by atoms with van der Waals surface area (Å²) >= 11 is 5.86. The van der Waals surface area contributed by atoms with Gasteiger partial charge in [-0.15, -0.1) is 0 Å². The summed E-state index contributed by atoms with van der Waals surface area (Å²) < 4.78 is 5.21. The zero-order chi connectivity index (χ0) is 18.2. The Morgan fingerprint density at radius 1 is 1.08 bits per heavy atom. The molecule has 0 spiro atoms. The third-order valence-electron chi connectivity index (χ3n) is 3.81. The number of carbonyl (C=O) groups is 2. The first-order valence-electron chi connectivity index (χ1n) is 8.26. The van der Waals surface area contributed by atoms with Gasteiger partial charge in [0.25, 0.3) is 5.91 Å². The minimum atomic E-state index is -0.870. The maximum Gasteiger partial charge on any atom is 0.338 e. The largest absolute Gasteiger partial charge is 0.449 e. The number of aryl methyl sites for hydroxylation is 1. The number of halogens is 1. The molecule has 0 aliphatic carbocycles. The Morgan fingerprint density at radius 2 is 1.80 bits per heavy atom. The molecule has 0 bridgehead atoms. The summed E-state index contributed by atoms with van der Waals surface area (Å²) in [7, 11) is 0. The van der Waals surface area contributed by atoms with Crippen LogP contribution < -0.4 is 5.32 Å². The predicted molar refractivity (Wildman–Crippen MR) is 98.7 cm³/mol. The molecule has 0 heterocycles. The van der Waals surface area contributed by atoms with E-state index in [0.29, 0.717) is 10.6 Å². The van der Waals surface area contributed by atoms with Crippen LogP contribution in [-0.4, -0.2) is 24.0 Å². The maximum atomic E-state index is 12.2. The second-order valence-corrected chi connectivity index (χ2v) is 6.43. The molecule has 2 atom stereocenters. The van der Waals surface area contributed by atoms with E-state index >= 15 is 0 Å². The Bertz CT molecular complexity index is 718. The summed E-state index contributed by atoms with van der Waals surface area (Å²) in [6.07, 6.45) is 0.814. The molecule has 25 heavy (non-hydrogen) atoms. The molecule has 132 valence electrons. The number of ether oxygens (including phenoxy) is 1. The molecule has 4 nitrogen and oxygen atoms in total. The lowest BCUT2D eigenvalue weighted by atomic mass is 10.1. The topological polar surface area (TPSA) is 55.4 Å². The van der Waals surface area contributed by atoms with E-state index in [9.17, 15) is 9.59 Å². The fraction of sp³-hybridized carbons (Fsp3) is 0.300. The van der Waals surface area contributed by atoms with Gasteiger partial charge in [-0.25, -0.2) is 4.79 Å². The number of esters is 1. The molecule has 0 aliphatic heterocycles. The molecule has 2 aromatic carbocycles. The maximum absolute atomic E-state index is 12.2. The highest BCUT2D eigenvalue weighted by atomic mass is 35.5. The van der Waals surface area contributed by atoms with E-state index in [1.165, 1.54) is 11.6 Å². The van der Waals surface area contributed by atoms with Crippen LogP contribution in [0, 0.1) is 0 Å². The number of benzene rings is 2. The van der Waals surface area contributed by atoms with Crippen LogP contribution >= 0.6 is 11.6 Å². The van der Waals surface area contributed by atoms with E-state index in [2.05, 4.69) is 17.4 Å². The van der Waals surface area contributed by atoms with E-state index in [4.69, 9.17) is 16.3 Å². The van der Waals surface area contributed by atoms with Crippen LogP contribution in [0.5, 0.6) is 0 Å². The fourth-order valence-electron chi connectivity index (χ4n) is 2.36. The highest BCUT2D eigenvalue weighted by Crippen LogP contribution is 2.12. The predicted octanol–water partition coefficient (Wildman–Crippen LogP) is 4.02. The van der Waals surface area contributed by atoms with Crippen molar-refractivity contribution in [3.63, 3.8) is 0 Å². The van der Waals surface area contributed by atoms with Crippen LogP contribution in [-0.2, 0) is 16.0 Å². The zero-order valence-corrected chi connectivity index (χ0v) is 15.1. The van der Waals surface area contributed by atoms with Gasteiger partial charge in [-0.05, 0) is 50.5 Å². The summed E-state index contributed by atoms with van der Waals surface area (Å²) in [6, 6.07) is 16.5. The minimum absolute atomic E-state index is 0.0139. The van der Waals surface area contributed by atoms with E-state index in [-0.39, 0.29) is 11.9 Å². The Morgan fingerprint density at radius 3 is 2.48 bits per heavy atom. The summed E-state index contributed by atoms with van der Waals surface area (Å²) in [5.74, 6) is -0.877. The van der Waals surface area contributed by atoms with Gasteiger partial charge in [-0.3, -0.25) is 4.79 Å². The quantitative estimate of drug-likeness (QED) is 0.759. The van der Waals surface area contributed by atoms with Crippen LogP contribution in [0.2, 0.25) is 5.02 Å². The van der Waals surface area contributed by atoms with Crippen LogP contribution in [0.25, 0.3) is 0 Å². The summed E-state index contributed by atoms with van der Waals surface area (Å²) in [5, 5.41) is 3.32. The average Bonchev–Trinajstić information content (AvgIpc) is 2.60. The second kappa shape index (κ2) is 9.23. The van der Waals surface area contributed by atoms with Crippen molar-refractivity contribution >= 4 is 23.5 Å². The second-order valence-electron chi connectivity index (χ2n) is 5.99. The summed E-state index contributed by atoms with van der Waals surface area (Å²) in [6.45, 7) is 3.49. The van der Waals surface area contributed by atoms with Gasteiger partial charge in [-0.1, -0.05) is 48.0 Å². The lowest BCUT2D eigenvalue weighted by molar-refractivity contribution is -0.129. The molecule has 1 N–H and O–H groups in total. The normalized spacial score (nSPS) is 12.9. The molecule has 2 aromatic rings. The van der Waals surface area contributed by atoms with Crippen molar-refractivity contribution in [1.29, 1.82) is 0 Å². The van der Waals surface area contributed by atoms with Gasteiger partial charge in [0.05, 0.1) is 5.56 Å². The number of hydrogen-bond acceptors (Lipinski definition) is 3. The molecule has 0 saturated carbocycles. The molecule has 0 radical (unpaired) electrons. The first-order valence-corrected chi connectivity index (χ1v) is 8.64.